The maximum atomic E-state index is 13.0. The lowest BCUT2D eigenvalue weighted by molar-refractivity contribution is 0.0940. The zero-order valence-corrected chi connectivity index (χ0v) is 16.3. The normalized spacial score (nSPS) is 11.5. The van der Waals surface area contributed by atoms with E-state index in [2.05, 4.69) is 10.3 Å². The van der Waals surface area contributed by atoms with E-state index >= 15 is 0 Å². The Kier molecular flexibility index (Phi) is 6.27. The number of hydrogen-bond acceptors (Lipinski definition) is 4. The molecule has 1 aromatic heterocycles. The van der Waals surface area contributed by atoms with E-state index in [9.17, 15) is 4.79 Å². The molecule has 0 fully saturated rings. The molecule has 0 aliphatic heterocycles. The molecule has 1 amide bonds. The molecule has 1 heterocycles. The first-order chi connectivity index (χ1) is 13.6. The predicted octanol–water partition coefficient (Wildman–Crippen LogP) is 4.13. The smallest absolute Gasteiger partial charge is 0.252 e. The van der Waals surface area contributed by atoms with Crippen molar-refractivity contribution < 1.29 is 14.3 Å². The van der Waals surface area contributed by atoms with Crippen molar-refractivity contribution in [2.45, 2.75) is 19.4 Å². The largest absolute Gasteiger partial charge is 0.497 e. The van der Waals surface area contributed by atoms with Gasteiger partial charge in [-0.3, -0.25) is 9.78 Å². The molecular formula is C23H24N2O3. The zero-order chi connectivity index (χ0) is 19.9. The second-order valence-corrected chi connectivity index (χ2v) is 6.54. The highest BCUT2D eigenvalue weighted by atomic mass is 16.5. The van der Waals surface area contributed by atoms with Crippen LogP contribution >= 0.6 is 0 Å². The van der Waals surface area contributed by atoms with Gasteiger partial charge in [-0.05, 0) is 60.5 Å². The van der Waals surface area contributed by atoms with Crippen LogP contribution in [0.2, 0.25) is 0 Å². The molecule has 0 spiro atoms. The van der Waals surface area contributed by atoms with Crippen LogP contribution in [0, 0.1) is 0 Å². The number of pyridine rings is 1. The summed E-state index contributed by atoms with van der Waals surface area (Å²) in [4.78, 5) is 17.3. The first-order valence-electron chi connectivity index (χ1n) is 9.14. The number of nitrogens with zero attached hydrogens (tertiary/aromatic N) is 1. The number of aromatic nitrogens is 1. The van der Waals surface area contributed by atoms with Crippen LogP contribution in [-0.2, 0) is 6.42 Å². The molecule has 0 saturated carbocycles. The summed E-state index contributed by atoms with van der Waals surface area (Å²) < 4.78 is 10.5. The Balaban J connectivity index is 1.84. The molecule has 5 nitrogen and oxygen atoms in total. The number of nitrogens with one attached hydrogen (secondary N) is 1. The molecule has 3 aromatic rings. The molecule has 1 N–H and O–H groups in total. The van der Waals surface area contributed by atoms with Gasteiger partial charge in [-0.15, -0.1) is 0 Å². The molecule has 3 rings (SSSR count). The van der Waals surface area contributed by atoms with Gasteiger partial charge in [0.25, 0.3) is 5.91 Å². The van der Waals surface area contributed by atoms with E-state index in [1.807, 2.05) is 61.5 Å². The maximum absolute atomic E-state index is 13.0. The summed E-state index contributed by atoms with van der Waals surface area (Å²) in [6.07, 6.45) is 2.42. The fraction of sp³-hybridized carbons (Fsp3) is 0.217. The van der Waals surface area contributed by atoms with Gasteiger partial charge in [0.2, 0.25) is 0 Å². The second kappa shape index (κ2) is 9.04. The van der Waals surface area contributed by atoms with Crippen molar-refractivity contribution in [2.24, 2.45) is 0 Å². The van der Waals surface area contributed by atoms with Gasteiger partial charge in [-0.2, -0.15) is 0 Å². The average molecular weight is 376 g/mol. The van der Waals surface area contributed by atoms with Gasteiger partial charge in [-0.25, -0.2) is 0 Å². The quantitative estimate of drug-likeness (QED) is 0.674. The molecule has 2 aromatic carbocycles. The van der Waals surface area contributed by atoms with E-state index in [0.29, 0.717) is 17.7 Å². The van der Waals surface area contributed by atoms with Gasteiger partial charge in [-0.1, -0.05) is 18.2 Å². The van der Waals surface area contributed by atoms with Crippen molar-refractivity contribution in [3.05, 3.63) is 78.1 Å². The standard InChI is InChI=1S/C23H24N2O3/c1-16(14-18-6-4-5-13-24-18)25-23(26)22-15-20(28-3)11-12-21(22)17-7-9-19(27-2)10-8-17/h4-13,15-16H,14H2,1-3H3,(H,25,26)/t16-/m0/s1. The SMILES string of the molecule is COc1ccc(-c2ccc(OC)cc2C(=O)N[C@@H](C)Cc2ccccn2)cc1. The minimum Gasteiger partial charge on any atom is -0.497 e. The van der Waals surface area contributed by atoms with Crippen molar-refractivity contribution in [3.63, 3.8) is 0 Å². The molecular weight excluding hydrogens is 352 g/mol. The lowest BCUT2D eigenvalue weighted by Crippen LogP contribution is -2.34. The molecule has 0 aliphatic rings. The van der Waals surface area contributed by atoms with E-state index in [-0.39, 0.29) is 11.9 Å². The van der Waals surface area contributed by atoms with Gasteiger partial charge >= 0.3 is 0 Å². The zero-order valence-electron chi connectivity index (χ0n) is 16.3. The van der Waals surface area contributed by atoms with Crippen LogP contribution in [-0.4, -0.2) is 31.2 Å². The van der Waals surface area contributed by atoms with Crippen LogP contribution in [0.4, 0.5) is 0 Å². The maximum Gasteiger partial charge on any atom is 0.252 e. The third kappa shape index (κ3) is 4.68. The highest BCUT2D eigenvalue weighted by Crippen LogP contribution is 2.29. The first-order valence-corrected chi connectivity index (χ1v) is 9.14. The summed E-state index contributed by atoms with van der Waals surface area (Å²) in [6, 6.07) is 18.9. The molecule has 28 heavy (non-hydrogen) atoms. The molecule has 1 atom stereocenters. The number of hydrogen-bond donors (Lipinski definition) is 1. The molecule has 5 heteroatoms. The second-order valence-electron chi connectivity index (χ2n) is 6.54. The minimum atomic E-state index is -0.145. The number of methoxy groups -OCH3 is 2. The lowest BCUT2D eigenvalue weighted by atomic mass is 9.98. The summed E-state index contributed by atoms with van der Waals surface area (Å²) >= 11 is 0. The van der Waals surface area contributed by atoms with Crippen molar-refractivity contribution in [1.29, 1.82) is 0 Å². The molecule has 0 aliphatic carbocycles. The number of ether oxygens (including phenoxy) is 2. The number of benzene rings is 2. The molecule has 144 valence electrons. The highest BCUT2D eigenvalue weighted by Gasteiger charge is 2.17. The number of amides is 1. The van der Waals surface area contributed by atoms with Gasteiger partial charge in [0, 0.05) is 24.4 Å². The highest BCUT2D eigenvalue weighted by molar-refractivity contribution is 6.01. The van der Waals surface area contributed by atoms with Crippen LogP contribution < -0.4 is 14.8 Å². The number of carbonyl (C=O) groups is 1. The van der Waals surface area contributed by atoms with Gasteiger partial charge in [0.05, 0.1) is 19.8 Å². The van der Waals surface area contributed by atoms with Crippen molar-refractivity contribution in [3.8, 4) is 22.6 Å². The third-order valence-corrected chi connectivity index (χ3v) is 4.49. The Hall–Kier alpha value is -3.34. The lowest BCUT2D eigenvalue weighted by Gasteiger charge is -2.16. The summed E-state index contributed by atoms with van der Waals surface area (Å²) in [7, 11) is 3.22. The van der Waals surface area contributed by atoms with E-state index in [0.717, 1.165) is 22.6 Å². The Bertz CT molecular complexity index is 924. The van der Waals surface area contributed by atoms with Crippen LogP contribution in [0.15, 0.2) is 66.9 Å². The van der Waals surface area contributed by atoms with E-state index in [4.69, 9.17) is 9.47 Å². The number of rotatable bonds is 7. The third-order valence-electron chi connectivity index (χ3n) is 4.49. The van der Waals surface area contributed by atoms with Crippen LogP contribution in [0.1, 0.15) is 23.0 Å². The Morgan fingerprint density at radius 1 is 1.00 bits per heavy atom. The number of carbonyl (C=O) groups excluding carboxylic acids is 1. The molecule has 0 saturated heterocycles. The Morgan fingerprint density at radius 2 is 1.71 bits per heavy atom. The van der Waals surface area contributed by atoms with Gasteiger partial charge in [0.15, 0.2) is 0 Å². The summed E-state index contributed by atoms with van der Waals surface area (Å²) in [6.45, 7) is 1.97. The van der Waals surface area contributed by atoms with Crippen LogP contribution in [0.5, 0.6) is 11.5 Å². The monoisotopic (exact) mass is 376 g/mol. The van der Waals surface area contributed by atoms with Gasteiger partial charge in [0.1, 0.15) is 11.5 Å². The van der Waals surface area contributed by atoms with Crippen molar-refractivity contribution in [1.82, 2.24) is 10.3 Å². The van der Waals surface area contributed by atoms with Crippen LogP contribution in [0.3, 0.4) is 0 Å². The molecule has 0 unspecified atom stereocenters. The van der Waals surface area contributed by atoms with E-state index < -0.39 is 0 Å². The van der Waals surface area contributed by atoms with Crippen LogP contribution in [0.25, 0.3) is 11.1 Å². The summed E-state index contributed by atoms with van der Waals surface area (Å²) in [5, 5.41) is 3.07. The van der Waals surface area contributed by atoms with Crippen molar-refractivity contribution >= 4 is 5.91 Å². The minimum absolute atomic E-state index is 0.0580. The van der Waals surface area contributed by atoms with Gasteiger partial charge < -0.3 is 14.8 Å². The van der Waals surface area contributed by atoms with E-state index in [1.165, 1.54) is 0 Å². The summed E-state index contributed by atoms with van der Waals surface area (Å²) in [5.41, 5.74) is 3.28. The Labute approximate surface area is 165 Å². The van der Waals surface area contributed by atoms with Crippen molar-refractivity contribution in [2.75, 3.05) is 14.2 Å². The fourth-order valence-electron chi connectivity index (χ4n) is 3.05. The predicted molar refractivity (Wildman–Crippen MR) is 110 cm³/mol. The molecule has 0 bridgehead atoms. The summed E-state index contributed by atoms with van der Waals surface area (Å²) in [5.74, 6) is 1.26. The van der Waals surface area contributed by atoms with E-state index in [1.54, 1.807) is 26.5 Å². The Morgan fingerprint density at radius 3 is 2.36 bits per heavy atom. The average Bonchev–Trinajstić information content (AvgIpc) is 2.74. The fourth-order valence-corrected chi connectivity index (χ4v) is 3.05. The first kappa shape index (κ1) is 19.4. The molecule has 0 radical (unpaired) electrons. The topological polar surface area (TPSA) is 60.5 Å².